The molecule has 0 atom stereocenters. The molecule has 150 valence electrons. The molecule has 6 heteroatoms. The highest BCUT2D eigenvalue weighted by atomic mass is 79.9. The third-order valence-electron chi connectivity index (χ3n) is 4.55. The van der Waals surface area contributed by atoms with Gasteiger partial charge in [0, 0.05) is 10.0 Å². The maximum atomic E-state index is 13.3. The lowest BCUT2D eigenvalue weighted by molar-refractivity contribution is -0.113. The molecule has 3 aromatic carbocycles. The SMILES string of the molecule is CCOc1ccc(/C=C2/N=C(c3ccccc3Cl)N(c3ccc(Br)cc3)C2=O)cc1. The second-order valence-corrected chi connectivity index (χ2v) is 7.89. The Balaban J connectivity index is 1.77. The second kappa shape index (κ2) is 8.86. The molecule has 1 aliphatic rings. The molecule has 0 spiro atoms. The smallest absolute Gasteiger partial charge is 0.282 e. The summed E-state index contributed by atoms with van der Waals surface area (Å²) in [5.74, 6) is 1.08. The molecule has 0 N–H and O–H groups in total. The van der Waals surface area contributed by atoms with Crippen molar-refractivity contribution in [3.8, 4) is 5.75 Å². The fourth-order valence-corrected chi connectivity index (χ4v) is 3.64. The van der Waals surface area contributed by atoms with E-state index < -0.39 is 0 Å². The number of rotatable bonds is 5. The largest absolute Gasteiger partial charge is 0.494 e. The number of amides is 1. The molecule has 1 heterocycles. The van der Waals surface area contributed by atoms with E-state index in [1.807, 2.05) is 73.7 Å². The van der Waals surface area contributed by atoms with Gasteiger partial charge in [0.1, 0.15) is 17.3 Å². The fourth-order valence-electron chi connectivity index (χ4n) is 3.15. The van der Waals surface area contributed by atoms with Gasteiger partial charge in [-0.25, -0.2) is 4.99 Å². The monoisotopic (exact) mass is 480 g/mol. The number of hydrogen-bond acceptors (Lipinski definition) is 3. The van der Waals surface area contributed by atoms with Gasteiger partial charge in [0.25, 0.3) is 5.91 Å². The number of aliphatic imine (C=N–C) groups is 1. The highest BCUT2D eigenvalue weighted by Gasteiger charge is 2.33. The Hall–Kier alpha value is -2.89. The lowest BCUT2D eigenvalue weighted by Crippen LogP contribution is -2.32. The number of hydrogen-bond donors (Lipinski definition) is 0. The predicted molar refractivity (Wildman–Crippen MR) is 125 cm³/mol. The molecule has 3 aromatic rings. The molecule has 0 saturated heterocycles. The zero-order valence-electron chi connectivity index (χ0n) is 16.2. The van der Waals surface area contributed by atoms with Crippen LogP contribution in [-0.2, 0) is 4.79 Å². The molecule has 0 aliphatic carbocycles. The first-order valence-electron chi connectivity index (χ1n) is 9.45. The summed E-state index contributed by atoms with van der Waals surface area (Å²) in [7, 11) is 0. The van der Waals surface area contributed by atoms with Crippen molar-refractivity contribution in [1.82, 2.24) is 0 Å². The quantitative estimate of drug-likeness (QED) is 0.399. The number of benzene rings is 3. The van der Waals surface area contributed by atoms with Crippen molar-refractivity contribution in [1.29, 1.82) is 0 Å². The fraction of sp³-hybridized carbons (Fsp3) is 0.0833. The predicted octanol–water partition coefficient (Wildman–Crippen LogP) is 6.34. The van der Waals surface area contributed by atoms with Gasteiger partial charge in [-0.1, -0.05) is 51.8 Å². The number of anilines is 1. The van der Waals surface area contributed by atoms with Gasteiger partial charge < -0.3 is 4.74 Å². The normalized spacial score (nSPS) is 14.9. The van der Waals surface area contributed by atoms with Crippen molar-refractivity contribution in [2.45, 2.75) is 6.92 Å². The van der Waals surface area contributed by atoms with E-state index in [1.54, 1.807) is 17.0 Å². The van der Waals surface area contributed by atoms with Gasteiger partial charge in [-0.2, -0.15) is 0 Å². The molecule has 0 fully saturated rings. The zero-order valence-corrected chi connectivity index (χ0v) is 18.5. The van der Waals surface area contributed by atoms with E-state index in [1.165, 1.54) is 0 Å². The molecule has 0 radical (unpaired) electrons. The Morgan fingerprint density at radius 2 is 1.73 bits per heavy atom. The topological polar surface area (TPSA) is 41.9 Å². The van der Waals surface area contributed by atoms with Crippen LogP contribution in [0.25, 0.3) is 6.08 Å². The average Bonchev–Trinajstić information content (AvgIpc) is 3.06. The van der Waals surface area contributed by atoms with Crippen LogP contribution in [0.5, 0.6) is 5.75 Å². The molecule has 30 heavy (non-hydrogen) atoms. The van der Waals surface area contributed by atoms with Gasteiger partial charge in [0.05, 0.1) is 17.3 Å². The van der Waals surface area contributed by atoms with Crippen LogP contribution in [0.4, 0.5) is 5.69 Å². The first-order chi connectivity index (χ1) is 14.6. The van der Waals surface area contributed by atoms with Crippen molar-refractivity contribution < 1.29 is 9.53 Å². The first-order valence-corrected chi connectivity index (χ1v) is 10.6. The summed E-state index contributed by atoms with van der Waals surface area (Å²) in [5, 5.41) is 0.536. The third kappa shape index (κ3) is 4.18. The van der Waals surface area contributed by atoms with Crippen LogP contribution in [0.2, 0.25) is 5.02 Å². The summed E-state index contributed by atoms with van der Waals surface area (Å²) in [6.45, 7) is 2.54. The molecular formula is C24H18BrClN2O2. The van der Waals surface area contributed by atoms with Gasteiger partial charge in [0.15, 0.2) is 0 Å². The molecule has 4 rings (SSSR count). The minimum atomic E-state index is -0.207. The molecule has 0 bridgehead atoms. The van der Waals surface area contributed by atoms with E-state index in [9.17, 15) is 4.79 Å². The molecule has 1 aliphatic heterocycles. The van der Waals surface area contributed by atoms with Crippen molar-refractivity contribution in [3.05, 3.63) is 99.1 Å². The Labute approximate surface area is 188 Å². The van der Waals surface area contributed by atoms with Crippen molar-refractivity contribution in [2.24, 2.45) is 4.99 Å². The summed E-state index contributed by atoms with van der Waals surface area (Å²) >= 11 is 9.86. The van der Waals surface area contributed by atoms with E-state index in [0.29, 0.717) is 28.7 Å². The number of amidine groups is 1. The maximum absolute atomic E-state index is 13.3. The van der Waals surface area contributed by atoms with Crippen LogP contribution >= 0.6 is 27.5 Å². The number of carbonyl (C=O) groups excluding carboxylic acids is 1. The Morgan fingerprint density at radius 3 is 2.40 bits per heavy atom. The highest BCUT2D eigenvalue weighted by molar-refractivity contribution is 9.10. The molecule has 1 amide bonds. The van der Waals surface area contributed by atoms with E-state index in [0.717, 1.165) is 21.5 Å². The number of ether oxygens (including phenoxy) is 1. The number of carbonyl (C=O) groups is 1. The van der Waals surface area contributed by atoms with Crippen molar-refractivity contribution >= 4 is 51.0 Å². The summed E-state index contributed by atoms with van der Waals surface area (Å²) < 4.78 is 6.41. The van der Waals surface area contributed by atoms with E-state index in [-0.39, 0.29) is 5.91 Å². The molecular weight excluding hydrogens is 464 g/mol. The van der Waals surface area contributed by atoms with Gasteiger partial charge in [-0.3, -0.25) is 9.69 Å². The summed E-state index contributed by atoms with van der Waals surface area (Å²) in [6.07, 6.45) is 1.77. The lowest BCUT2D eigenvalue weighted by atomic mass is 10.1. The second-order valence-electron chi connectivity index (χ2n) is 6.56. The minimum absolute atomic E-state index is 0.207. The zero-order chi connectivity index (χ0) is 21.1. The van der Waals surface area contributed by atoms with Crippen LogP contribution < -0.4 is 9.64 Å². The van der Waals surface area contributed by atoms with E-state index >= 15 is 0 Å². The molecule has 0 unspecified atom stereocenters. The van der Waals surface area contributed by atoms with E-state index in [2.05, 4.69) is 20.9 Å². The van der Waals surface area contributed by atoms with Crippen LogP contribution in [0, 0.1) is 0 Å². The van der Waals surface area contributed by atoms with Gasteiger partial charge in [-0.15, -0.1) is 0 Å². The summed E-state index contributed by atoms with van der Waals surface area (Å²) in [4.78, 5) is 19.6. The standard InChI is InChI=1S/C24H18BrClN2O2/c1-2-30-19-13-7-16(8-14-19)15-22-24(29)28(18-11-9-17(25)10-12-18)23(27-22)20-5-3-4-6-21(20)26/h3-15H,2H2,1H3/b22-15+. The van der Waals surface area contributed by atoms with Crippen LogP contribution in [0.3, 0.4) is 0 Å². The lowest BCUT2D eigenvalue weighted by Gasteiger charge is -2.19. The third-order valence-corrected chi connectivity index (χ3v) is 5.41. The summed E-state index contributed by atoms with van der Waals surface area (Å²) in [6, 6.07) is 22.5. The molecule has 0 saturated carbocycles. The first kappa shape index (κ1) is 20.4. The molecule has 0 aromatic heterocycles. The average molecular weight is 482 g/mol. The van der Waals surface area contributed by atoms with E-state index in [4.69, 9.17) is 16.3 Å². The minimum Gasteiger partial charge on any atom is -0.494 e. The Kier molecular flexibility index (Phi) is 6.02. The maximum Gasteiger partial charge on any atom is 0.282 e. The van der Waals surface area contributed by atoms with Gasteiger partial charge in [0.2, 0.25) is 0 Å². The van der Waals surface area contributed by atoms with Crippen LogP contribution in [0.1, 0.15) is 18.1 Å². The number of halogens is 2. The van der Waals surface area contributed by atoms with Crippen molar-refractivity contribution in [2.75, 3.05) is 11.5 Å². The van der Waals surface area contributed by atoms with Gasteiger partial charge in [-0.05, 0) is 67.1 Å². The summed E-state index contributed by atoms with van der Waals surface area (Å²) in [5.41, 5.74) is 2.63. The Bertz CT molecular complexity index is 1140. The molecule has 4 nitrogen and oxygen atoms in total. The Morgan fingerprint density at radius 1 is 1.03 bits per heavy atom. The van der Waals surface area contributed by atoms with Gasteiger partial charge >= 0.3 is 0 Å². The number of nitrogens with zero attached hydrogens (tertiary/aromatic N) is 2. The highest BCUT2D eigenvalue weighted by Crippen LogP contribution is 2.31. The van der Waals surface area contributed by atoms with Crippen LogP contribution in [-0.4, -0.2) is 18.3 Å². The van der Waals surface area contributed by atoms with Crippen molar-refractivity contribution in [3.63, 3.8) is 0 Å². The van der Waals surface area contributed by atoms with Crippen LogP contribution in [0.15, 0.2) is 88.0 Å².